The summed E-state index contributed by atoms with van der Waals surface area (Å²) in [6, 6.07) is 1.42. The van der Waals surface area contributed by atoms with Gasteiger partial charge in [0.15, 0.2) is 0 Å². The maximum atomic E-state index is 11.4. The third-order valence-electron chi connectivity index (χ3n) is 2.46. The van der Waals surface area contributed by atoms with Crippen molar-refractivity contribution in [3.8, 4) is 0 Å². The first-order chi connectivity index (χ1) is 8.42. The van der Waals surface area contributed by atoms with Gasteiger partial charge in [-0.05, 0) is 19.9 Å². The van der Waals surface area contributed by atoms with Gasteiger partial charge in [0.1, 0.15) is 0 Å². The molecule has 0 atom stereocenters. The molecule has 7 heteroatoms. The zero-order chi connectivity index (χ0) is 13.6. The highest BCUT2D eigenvalue weighted by molar-refractivity contribution is 5.77. The Balaban J connectivity index is 2.20. The van der Waals surface area contributed by atoms with Crippen LogP contribution in [0.5, 0.6) is 0 Å². The van der Waals surface area contributed by atoms with Gasteiger partial charge in [-0.2, -0.15) is 5.10 Å². The Morgan fingerprint density at radius 2 is 2.11 bits per heavy atom. The fourth-order valence-electron chi connectivity index (χ4n) is 1.16. The number of urea groups is 1. The van der Waals surface area contributed by atoms with E-state index in [4.69, 9.17) is 5.11 Å². The fourth-order valence-corrected chi connectivity index (χ4v) is 1.16. The van der Waals surface area contributed by atoms with Gasteiger partial charge in [0.05, 0.1) is 12.0 Å². The lowest BCUT2D eigenvalue weighted by molar-refractivity contribution is -0.146. The van der Waals surface area contributed by atoms with Crippen LogP contribution in [0.3, 0.4) is 0 Å². The zero-order valence-corrected chi connectivity index (χ0v) is 10.5. The number of aromatic nitrogens is 2. The van der Waals surface area contributed by atoms with E-state index in [1.807, 2.05) is 0 Å². The number of hydrogen-bond acceptors (Lipinski definition) is 3. The first-order valence-corrected chi connectivity index (χ1v) is 5.64. The van der Waals surface area contributed by atoms with Crippen LogP contribution >= 0.6 is 0 Å². The number of carboxylic acids is 1. The molecule has 1 aromatic rings. The minimum Gasteiger partial charge on any atom is -0.481 e. The Hall–Kier alpha value is -2.05. The molecular weight excluding hydrogens is 236 g/mol. The molecule has 0 fully saturated rings. The first-order valence-electron chi connectivity index (χ1n) is 5.64. The lowest BCUT2D eigenvalue weighted by Crippen LogP contribution is -2.44. The van der Waals surface area contributed by atoms with Crippen LogP contribution < -0.4 is 10.6 Å². The standard InChI is InChI=1S/C11H18N4O3/c1-11(2,9(16)17)8-13-10(18)12-5-7-15-6-3-4-14-15/h3-4,6H,5,7-8H2,1-2H3,(H,16,17)(H2,12,13,18). The lowest BCUT2D eigenvalue weighted by atomic mass is 9.94. The van der Waals surface area contributed by atoms with Crippen molar-refractivity contribution >= 4 is 12.0 Å². The summed E-state index contributed by atoms with van der Waals surface area (Å²) < 4.78 is 1.70. The lowest BCUT2D eigenvalue weighted by Gasteiger charge is -2.19. The molecule has 0 aromatic carbocycles. The molecule has 1 heterocycles. The Morgan fingerprint density at radius 1 is 1.39 bits per heavy atom. The number of nitrogens with zero attached hydrogens (tertiary/aromatic N) is 2. The summed E-state index contributed by atoms with van der Waals surface area (Å²) in [5.74, 6) is -0.945. The molecule has 2 amide bonds. The molecule has 0 saturated carbocycles. The van der Waals surface area contributed by atoms with Gasteiger partial charge in [0.25, 0.3) is 0 Å². The summed E-state index contributed by atoms with van der Waals surface area (Å²) in [6.07, 6.45) is 3.46. The number of hydrogen-bond donors (Lipinski definition) is 3. The second kappa shape index (κ2) is 6.04. The van der Waals surface area contributed by atoms with E-state index in [2.05, 4.69) is 15.7 Å². The topological polar surface area (TPSA) is 96.3 Å². The minimum absolute atomic E-state index is 0.0793. The first kappa shape index (κ1) is 14.0. The van der Waals surface area contributed by atoms with Crippen molar-refractivity contribution < 1.29 is 14.7 Å². The SMILES string of the molecule is CC(C)(CNC(=O)NCCn1cccn1)C(=O)O. The van der Waals surface area contributed by atoms with Crippen molar-refractivity contribution in [3.05, 3.63) is 18.5 Å². The Labute approximate surface area is 105 Å². The van der Waals surface area contributed by atoms with E-state index in [1.165, 1.54) is 0 Å². The van der Waals surface area contributed by atoms with Crippen molar-refractivity contribution in [2.75, 3.05) is 13.1 Å². The fraction of sp³-hybridized carbons (Fsp3) is 0.545. The highest BCUT2D eigenvalue weighted by Gasteiger charge is 2.27. The molecule has 3 N–H and O–H groups in total. The summed E-state index contributed by atoms with van der Waals surface area (Å²) in [5, 5.41) is 18.0. The third-order valence-corrected chi connectivity index (χ3v) is 2.46. The molecule has 0 aliphatic heterocycles. The van der Waals surface area contributed by atoms with E-state index < -0.39 is 11.4 Å². The van der Waals surface area contributed by atoms with E-state index in [0.717, 1.165) is 0 Å². The average Bonchev–Trinajstić information content (AvgIpc) is 2.79. The van der Waals surface area contributed by atoms with Crippen LogP contribution in [0, 0.1) is 5.41 Å². The molecule has 1 rings (SSSR count). The quantitative estimate of drug-likeness (QED) is 0.680. The maximum absolute atomic E-state index is 11.4. The van der Waals surface area contributed by atoms with Gasteiger partial charge in [-0.15, -0.1) is 0 Å². The normalized spacial score (nSPS) is 11.0. The molecule has 18 heavy (non-hydrogen) atoms. The van der Waals surface area contributed by atoms with Crippen molar-refractivity contribution in [1.29, 1.82) is 0 Å². The maximum Gasteiger partial charge on any atom is 0.314 e. The summed E-state index contributed by atoms with van der Waals surface area (Å²) in [4.78, 5) is 22.2. The van der Waals surface area contributed by atoms with Crippen LogP contribution in [-0.4, -0.2) is 40.0 Å². The van der Waals surface area contributed by atoms with Gasteiger partial charge in [0, 0.05) is 25.5 Å². The predicted molar refractivity (Wildman–Crippen MR) is 65.0 cm³/mol. The Morgan fingerprint density at radius 3 is 2.67 bits per heavy atom. The Kier molecular flexibility index (Phi) is 4.70. The summed E-state index contributed by atoms with van der Waals surface area (Å²) >= 11 is 0. The smallest absolute Gasteiger partial charge is 0.314 e. The van der Waals surface area contributed by atoms with E-state index in [-0.39, 0.29) is 12.6 Å². The average molecular weight is 254 g/mol. The number of carbonyl (C=O) groups is 2. The van der Waals surface area contributed by atoms with Crippen LogP contribution in [0.2, 0.25) is 0 Å². The van der Waals surface area contributed by atoms with Crippen molar-refractivity contribution in [2.45, 2.75) is 20.4 Å². The number of rotatable bonds is 6. The van der Waals surface area contributed by atoms with Crippen LogP contribution in [0.15, 0.2) is 18.5 Å². The second-order valence-corrected chi connectivity index (χ2v) is 4.57. The number of amides is 2. The molecule has 100 valence electrons. The Bertz CT molecular complexity index is 400. The van der Waals surface area contributed by atoms with Crippen LogP contribution in [0.4, 0.5) is 4.79 Å². The van der Waals surface area contributed by atoms with Crippen molar-refractivity contribution in [2.24, 2.45) is 5.41 Å². The van der Waals surface area contributed by atoms with Gasteiger partial charge in [-0.25, -0.2) is 4.79 Å². The zero-order valence-electron chi connectivity index (χ0n) is 10.5. The summed E-state index contributed by atoms with van der Waals surface area (Å²) in [6.45, 7) is 4.19. The van der Waals surface area contributed by atoms with Crippen molar-refractivity contribution in [1.82, 2.24) is 20.4 Å². The minimum atomic E-state index is -0.973. The molecular formula is C11H18N4O3. The molecule has 7 nitrogen and oxygen atoms in total. The largest absolute Gasteiger partial charge is 0.481 e. The van der Waals surface area contributed by atoms with Crippen LogP contribution in [-0.2, 0) is 11.3 Å². The van der Waals surface area contributed by atoms with E-state index in [9.17, 15) is 9.59 Å². The number of nitrogens with one attached hydrogen (secondary N) is 2. The van der Waals surface area contributed by atoms with Crippen LogP contribution in [0.1, 0.15) is 13.8 Å². The van der Waals surface area contributed by atoms with E-state index >= 15 is 0 Å². The molecule has 0 saturated heterocycles. The monoisotopic (exact) mass is 254 g/mol. The van der Waals surface area contributed by atoms with Gasteiger partial charge in [-0.1, -0.05) is 0 Å². The number of carboxylic acid groups (broad SMARTS) is 1. The highest BCUT2D eigenvalue weighted by Crippen LogP contribution is 2.12. The van der Waals surface area contributed by atoms with Gasteiger partial charge >= 0.3 is 12.0 Å². The molecule has 0 radical (unpaired) electrons. The third kappa shape index (κ3) is 4.44. The highest BCUT2D eigenvalue weighted by atomic mass is 16.4. The number of aliphatic carboxylic acids is 1. The predicted octanol–water partition coefficient (Wildman–Crippen LogP) is 0.293. The molecule has 0 unspecified atom stereocenters. The van der Waals surface area contributed by atoms with Crippen molar-refractivity contribution in [3.63, 3.8) is 0 Å². The van der Waals surface area contributed by atoms with Gasteiger partial charge in [-0.3, -0.25) is 9.48 Å². The second-order valence-electron chi connectivity index (χ2n) is 4.57. The molecule has 0 bridgehead atoms. The molecule has 1 aromatic heterocycles. The molecule has 0 spiro atoms. The van der Waals surface area contributed by atoms with E-state index in [1.54, 1.807) is 37.0 Å². The van der Waals surface area contributed by atoms with E-state index in [0.29, 0.717) is 13.1 Å². The summed E-state index contributed by atoms with van der Waals surface area (Å²) in [5.41, 5.74) is -0.973. The summed E-state index contributed by atoms with van der Waals surface area (Å²) in [7, 11) is 0. The van der Waals surface area contributed by atoms with Crippen LogP contribution in [0.25, 0.3) is 0 Å². The number of carbonyl (C=O) groups excluding carboxylic acids is 1. The molecule has 0 aliphatic rings. The van der Waals surface area contributed by atoms with Gasteiger partial charge < -0.3 is 15.7 Å². The van der Waals surface area contributed by atoms with Gasteiger partial charge in [0.2, 0.25) is 0 Å². The molecule has 0 aliphatic carbocycles.